The molecule has 3 heterocycles. The smallest absolute Gasteiger partial charge is 0.249 e. The number of hydrogen-bond acceptors (Lipinski definition) is 4. The first-order chi connectivity index (χ1) is 11.4. The second-order valence-electron chi connectivity index (χ2n) is 7.39. The Labute approximate surface area is 139 Å². The van der Waals surface area contributed by atoms with Crippen LogP contribution < -0.4 is 0 Å². The average molecular weight is 344 g/mol. The van der Waals surface area contributed by atoms with E-state index >= 15 is 0 Å². The Hall–Kier alpha value is -1.28. The first-order valence-corrected chi connectivity index (χ1v) is 8.64. The highest BCUT2D eigenvalue weighted by Gasteiger charge is 2.53. The number of carbonyl (C=O) groups is 2. The lowest BCUT2D eigenvalue weighted by Crippen LogP contribution is -2.46. The zero-order valence-electron chi connectivity index (χ0n) is 13.5. The van der Waals surface area contributed by atoms with E-state index in [2.05, 4.69) is 0 Å². The Bertz CT molecular complexity index is 530. The molecule has 1 saturated carbocycles. The molecule has 4 aliphatic rings. The number of rotatable bonds is 3. The van der Waals surface area contributed by atoms with Crippen LogP contribution in [0, 0.1) is 17.8 Å². The minimum atomic E-state index is -2.68. The van der Waals surface area contributed by atoms with Crippen molar-refractivity contribution in [1.82, 2.24) is 9.96 Å². The SMILES string of the molecule is O=C(C1CC(F)(F)C1)N1C[C@@H]2[C@H](CC(=O)N3CCCO3)CO[C@@H]2C1. The monoisotopic (exact) mass is 344 g/mol. The van der Waals surface area contributed by atoms with Gasteiger partial charge in [0.1, 0.15) is 0 Å². The molecule has 24 heavy (non-hydrogen) atoms. The number of alkyl halides is 2. The number of halogens is 2. The van der Waals surface area contributed by atoms with Gasteiger partial charge in [0.2, 0.25) is 17.7 Å². The minimum absolute atomic E-state index is 0.0369. The van der Waals surface area contributed by atoms with Crippen LogP contribution in [0.25, 0.3) is 0 Å². The molecule has 0 radical (unpaired) electrons. The van der Waals surface area contributed by atoms with E-state index in [1.54, 1.807) is 4.90 Å². The number of fused-ring (bicyclic) bond motifs is 1. The zero-order valence-corrected chi connectivity index (χ0v) is 13.5. The van der Waals surface area contributed by atoms with Crippen molar-refractivity contribution in [1.29, 1.82) is 0 Å². The molecule has 3 saturated heterocycles. The van der Waals surface area contributed by atoms with Crippen molar-refractivity contribution in [2.24, 2.45) is 17.8 Å². The molecule has 0 aromatic carbocycles. The van der Waals surface area contributed by atoms with Crippen LogP contribution in [0.3, 0.4) is 0 Å². The predicted octanol–water partition coefficient (Wildman–Crippen LogP) is 1.06. The molecule has 0 N–H and O–H groups in total. The number of carbonyl (C=O) groups excluding carboxylic acids is 2. The van der Waals surface area contributed by atoms with Gasteiger partial charge in [0, 0.05) is 44.2 Å². The summed E-state index contributed by atoms with van der Waals surface area (Å²) in [6, 6.07) is 0. The van der Waals surface area contributed by atoms with Crippen LogP contribution in [0.1, 0.15) is 25.7 Å². The number of amides is 2. The highest BCUT2D eigenvalue weighted by atomic mass is 19.3. The van der Waals surface area contributed by atoms with Gasteiger partial charge in [0.25, 0.3) is 0 Å². The van der Waals surface area contributed by atoms with Crippen molar-refractivity contribution in [3.8, 4) is 0 Å². The Kier molecular flexibility index (Phi) is 3.99. The maximum absolute atomic E-state index is 13.0. The van der Waals surface area contributed by atoms with Gasteiger partial charge in [-0.25, -0.2) is 13.8 Å². The van der Waals surface area contributed by atoms with Crippen LogP contribution in [-0.4, -0.2) is 66.7 Å². The molecule has 8 heteroatoms. The molecule has 134 valence electrons. The van der Waals surface area contributed by atoms with Crippen molar-refractivity contribution in [3.05, 3.63) is 0 Å². The summed E-state index contributed by atoms with van der Waals surface area (Å²) in [6.07, 6.45) is 0.448. The summed E-state index contributed by atoms with van der Waals surface area (Å²) in [5.41, 5.74) is 0. The molecule has 0 bridgehead atoms. The molecule has 4 rings (SSSR count). The fourth-order valence-corrected chi connectivity index (χ4v) is 4.25. The normalized spacial score (nSPS) is 35.2. The molecule has 6 nitrogen and oxygen atoms in total. The van der Waals surface area contributed by atoms with Gasteiger partial charge in [-0.2, -0.15) is 0 Å². The topological polar surface area (TPSA) is 59.1 Å². The molecular formula is C16H22F2N2O4. The quantitative estimate of drug-likeness (QED) is 0.768. The number of nitrogens with zero attached hydrogens (tertiary/aromatic N) is 2. The van der Waals surface area contributed by atoms with Crippen LogP contribution in [0.5, 0.6) is 0 Å². The van der Waals surface area contributed by atoms with Crippen LogP contribution in [0.2, 0.25) is 0 Å². The van der Waals surface area contributed by atoms with Crippen LogP contribution >= 0.6 is 0 Å². The van der Waals surface area contributed by atoms with Gasteiger partial charge in [-0.05, 0) is 12.3 Å². The van der Waals surface area contributed by atoms with E-state index in [1.807, 2.05) is 0 Å². The summed E-state index contributed by atoms with van der Waals surface area (Å²) < 4.78 is 31.7. The molecule has 0 aromatic heterocycles. The summed E-state index contributed by atoms with van der Waals surface area (Å²) in [7, 11) is 0. The van der Waals surface area contributed by atoms with Gasteiger partial charge >= 0.3 is 0 Å². The molecule has 1 aliphatic carbocycles. The van der Waals surface area contributed by atoms with Crippen molar-refractivity contribution >= 4 is 11.8 Å². The Morgan fingerprint density at radius 3 is 2.67 bits per heavy atom. The summed E-state index contributed by atoms with van der Waals surface area (Å²) in [4.78, 5) is 31.5. The van der Waals surface area contributed by atoms with Gasteiger partial charge in [-0.1, -0.05) is 0 Å². The van der Waals surface area contributed by atoms with Crippen molar-refractivity contribution < 1.29 is 27.9 Å². The molecule has 3 atom stereocenters. The van der Waals surface area contributed by atoms with E-state index in [-0.39, 0.29) is 42.6 Å². The maximum atomic E-state index is 13.0. The van der Waals surface area contributed by atoms with E-state index in [9.17, 15) is 18.4 Å². The summed E-state index contributed by atoms with van der Waals surface area (Å²) in [5.74, 6) is -3.29. The summed E-state index contributed by atoms with van der Waals surface area (Å²) in [5, 5.41) is 1.42. The van der Waals surface area contributed by atoms with Crippen molar-refractivity contribution in [2.75, 3.05) is 32.8 Å². The molecule has 4 fully saturated rings. The fourth-order valence-electron chi connectivity index (χ4n) is 4.25. The van der Waals surface area contributed by atoms with Crippen molar-refractivity contribution in [3.63, 3.8) is 0 Å². The lowest BCUT2D eigenvalue weighted by molar-refractivity contribution is -0.170. The third-order valence-corrected chi connectivity index (χ3v) is 5.66. The summed E-state index contributed by atoms with van der Waals surface area (Å²) in [6.45, 7) is 2.67. The van der Waals surface area contributed by atoms with Crippen LogP contribution in [0.15, 0.2) is 0 Å². The molecule has 3 aliphatic heterocycles. The first kappa shape index (κ1) is 16.2. The van der Waals surface area contributed by atoms with E-state index < -0.39 is 11.8 Å². The molecule has 2 amide bonds. The van der Waals surface area contributed by atoms with E-state index in [0.717, 1.165) is 6.42 Å². The lowest BCUT2D eigenvalue weighted by atomic mass is 9.80. The standard InChI is InChI=1S/C16H22F2N2O4/c17-16(18)5-11(6-16)15(22)19-7-12-10(9-23-13(12)8-19)4-14(21)20-2-1-3-24-20/h10-13H,1-9H2/t10-,12-,13-/m1/s1. The maximum Gasteiger partial charge on any atom is 0.249 e. The van der Waals surface area contributed by atoms with E-state index in [1.165, 1.54) is 5.06 Å². The largest absolute Gasteiger partial charge is 0.376 e. The van der Waals surface area contributed by atoms with Crippen LogP contribution in [-0.2, 0) is 19.2 Å². The van der Waals surface area contributed by atoms with Crippen LogP contribution in [0.4, 0.5) is 8.78 Å². The Morgan fingerprint density at radius 2 is 2.00 bits per heavy atom. The van der Waals surface area contributed by atoms with Crippen molar-refractivity contribution in [2.45, 2.75) is 37.7 Å². The third kappa shape index (κ3) is 2.90. The highest BCUT2D eigenvalue weighted by Crippen LogP contribution is 2.44. The van der Waals surface area contributed by atoms with Gasteiger partial charge in [0.05, 0.1) is 25.9 Å². The van der Waals surface area contributed by atoms with Gasteiger partial charge in [0.15, 0.2) is 0 Å². The lowest BCUT2D eigenvalue weighted by Gasteiger charge is -2.36. The first-order valence-electron chi connectivity index (χ1n) is 8.64. The number of hydroxylamine groups is 2. The van der Waals surface area contributed by atoms with Gasteiger partial charge in [-0.15, -0.1) is 0 Å². The second-order valence-corrected chi connectivity index (χ2v) is 7.39. The fraction of sp³-hybridized carbons (Fsp3) is 0.875. The average Bonchev–Trinajstić information content (AvgIpc) is 3.21. The second kappa shape index (κ2) is 5.91. The number of ether oxygens (including phenoxy) is 1. The molecule has 0 spiro atoms. The predicted molar refractivity (Wildman–Crippen MR) is 77.9 cm³/mol. The number of likely N-dealkylation sites (tertiary alicyclic amines) is 1. The molecule has 0 unspecified atom stereocenters. The minimum Gasteiger partial charge on any atom is -0.376 e. The zero-order chi connectivity index (χ0) is 16.9. The third-order valence-electron chi connectivity index (χ3n) is 5.66. The summed E-state index contributed by atoms with van der Waals surface area (Å²) >= 11 is 0. The van der Waals surface area contributed by atoms with E-state index in [4.69, 9.17) is 9.57 Å². The van der Waals surface area contributed by atoms with Gasteiger partial charge < -0.3 is 9.64 Å². The highest BCUT2D eigenvalue weighted by molar-refractivity contribution is 5.80. The Morgan fingerprint density at radius 1 is 1.21 bits per heavy atom. The Balaban J connectivity index is 1.32. The molecule has 0 aromatic rings. The van der Waals surface area contributed by atoms with Gasteiger partial charge in [-0.3, -0.25) is 14.4 Å². The molecular weight excluding hydrogens is 322 g/mol. The number of hydrogen-bond donors (Lipinski definition) is 0. The van der Waals surface area contributed by atoms with E-state index in [0.29, 0.717) is 39.3 Å².